The number of phenolic OH excluding ortho intramolecular Hbond substituents is 2. The van der Waals surface area contributed by atoms with Gasteiger partial charge in [0.05, 0.1) is 6.61 Å². The molecule has 0 heterocycles. The lowest BCUT2D eigenvalue weighted by Gasteiger charge is -2.20. The number of hydrogen-bond acceptors (Lipinski definition) is 4. The Morgan fingerprint density at radius 1 is 1.29 bits per heavy atom. The maximum Gasteiger partial charge on any atom is 0.254 e. The molecule has 0 unspecified atom stereocenters. The standard InChI is InChI=1S/C12H15NO4/c1-2-3-13(4-5-14)12(17)9-6-10(15)8-11(16)7-9/h2,6-8,14-16H,1,3-5H2. The average molecular weight is 237 g/mol. The van der Waals surface area contributed by atoms with Crippen LogP contribution in [0, 0.1) is 0 Å². The minimum absolute atomic E-state index is 0.162. The first-order valence-electron chi connectivity index (χ1n) is 5.12. The van der Waals surface area contributed by atoms with Crippen molar-refractivity contribution in [3.05, 3.63) is 36.4 Å². The fourth-order valence-corrected chi connectivity index (χ4v) is 1.45. The van der Waals surface area contributed by atoms with Crippen LogP contribution in [0.4, 0.5) is 0 Å². The molecule has 0 aliphatic rings. The molecule has 1 aromatic rings. The number of benzene rings is 1. The topological polar surface area (TPSA) is 81.0 Å². The van der Waals surface area contributed by atoms with Crippen LogP contribution in [0.1, 0.15) is 10.4 Å². The van der Waals surface area contributed by atoms with Crippen LogP contribution in [-0.4, -0.2) is 45.8 Å². The Morgan fingerprint density at radius 2 is 1.88 bits per heavy atom. The van der Waals surface area contributed by atoms with Crippen molar-refractivity contribution in [1.82, 2.24) is 4.90 Å². The number of carbonyl (C=O) groups excluding carboxylic acids is 1. The molecule has 1 amide bonds. The summed E-state index contributed by atoms with van der Waals surface area (Å²) in [5.74, 6) is -0.753. The Hall–Kier alpha value is -2.01. The molecular formula is C12H15NO4. The van der Waals surface area contributed by atoms with Crippen LogP contribution in [0.2, 0.25) is 0 Å². The van der Waals surface area contributed by atoms with Gasteiger partial charge in [-0.15, -0.1) is 6.58 Å². The van der Waals surface area contributed by atoms with Gasteiger partial charge >= 0.3 is 0 Å². The van der Waals surface area contributed by atoms with E-state index in [-0.39, 0.29) is 42.7 Å². The van der Waals surface area contributed by atoms with E-state index in [1.165, 1.54) is 23.1 Å². The van der Waals surface area contributed by atoms with E-state index < -0.39 is 0 Å². The van der Waals surface area contributed by atoms with Crippen molar-refractivity contribution in [2.75, 3.05) is 19.7 Å². The monoisotopic (exact) mass is 237 g/mol. The maximum atomic E-state index is 12.0. The summed E-state index contributed by atoms with van der Waals surface area (Å²) in [4.78, 5) is 13.3. The van der Waals surface area contributed by atoms with E-state index in [4.69, 9.17) is 5.11 Å². The highest BCUT2D eigenvalue weighted by atomic mass is 16.3. The molecule has 1 aromatic carbocycles. The highest BCUT2D eigenvalue weighted by molar-refractivity contribution is 5.95. The lowest BCUT2D eigenvalue weighted by Crippen LogP contribution is -2.33. The number of aliphatic hydroxyl groups is 1. The van der Waals surface area contributed by atoms with Gasteiger partial charge in [0.2, 0.25) is 0 Å². The van der Waals surface area contributed by atoms with Gasteiger partial charge < -0.3 is 20.2 Å². The van der Waals surface area contributed by atoms with E-state index in [0.717, 1.165) is 6.07 Å². The zero-order valence-electron chi connectivity index (χ0n) is 9.33. The first-order chi connectivity index (χ1) is 8.08. The van der Waals surface area contributed by atoms with Gasteiger partial charge in [-0.3, -0.25) is 4.79 Å². The highest BCUT2D eigenvalue weighted by Gasteiger charge is 2.15. The Balaban J connectivity index is 2.95. The van der Waals surface area contributed by atoms with Crippen molar-refractivity contribution in [3.8, 4) is 11.5 Å². The maximum absolute atomic E-state index is 12.0. The molecule has 0 bridgehead atoms. The van der Waals surface area contributed by atoms with Crippen LogP contribution in [-0.2, 0) is 0 Å². The molecule has 5 nitrogen and oxygen atoms in total. The third-order valence-corrected chi connectivity index (χ3v) is 2.16. The number of nitrogens with zero attached hydrogens (tertiary/aromatic N) is 1. The number of rotatable bonds is 5. The predicted octanol–water partition coefficient (Wildman–Crippen LogP) is 0.718. The molecule has 5 heteroatoms. The molecule has 0 aliphatic heterocycles. The van der Waals surface area contributed by atoms with E-state index in [9.17, 15) is 15.0 Å². The van der Waals surface area contributed by atoms with Gasteiger partial charge in [0, 0.05) is 24.7 Å². The number of hydrogen-bond donors (Lipinski definition) is 3. The van der Waals surface area contributed by atoms with Crippen molar-refractivity contribution < 1.29 is 20.1 Å². The fourth-order valence-electron chi connectivity index (χ4n) is 1.45. The number of aromatic hydroxyl groups is 2. The third kappa shape index (κ3) is 3.49. The Labute approximate surface area is 99.2 Å². The van der Waals surface area contributed by atoms with Gasteiger partial charge in [-0.1, -0.05) is 6.08 Å². The second-order valence-corrected chi connectivity index (χ2v) is 3.50. The van der Waals surface area contributed by atoms with Gasteiger partial charge in [-0.25, -0.2) is 0 Å². The first-order valence-corrected chi connectivity index (χ1v) is 5.12. The summed E-state index contributed by atoms with van der Waals surface area (Å²) >= 11 is 0. The molecule has 0 aromatic heterocycles. The summed E-state index contributed by atoms with van der Waals surface area (Å²) in [7, 11) is 0. The number of aliphatic hydroxyl groups excluding tert-OH is 1. The van der Waals surface area contributed by atoms with Crippen molar-refractivity contribution in [2.24, 2.45) is 0 Å². The molecule has 1 rings (SSSR count). The van der Waals surface area contributed by atoms with Gasteiger partial charge in [0.1, 0.15) is 11.5 Å². The molecule has 0 saturated carbocycles. The van der Waals surface area contributed by atoms with Crippen molar-refractivity contribution in [2.45, 2.75) is 0 Å². The van der Waals surface area contributed by atoms with E-state index in [1.807, 2.05) is 0 Å². The Bertz CT molecular complexity index is 397. The number of amides is 1. The molecule has 17 heavy (non-hydrogen) atoms. The molecule has 92 valence electrons. The van der Waals surface area contributed by atoms with Gasteiger partial charge in [-0.05, 0) is 12.1 Å². The molecule has 0 fully saturated rings. The highest BCUT2D eigenvalue weighted by Crippen LogP contribution is 2.21. The normalized spacial score (nSPS) is 9.94. The SMILES string of the molecule is C=CCN(CCO)C(=O)c1cc(O)cc(O)c1. The fraction of sp³-hybridized carbons (Fsp3) is 0.250. The minimum atomic E-state index is -0.384. The molecule has 0 radical (unpaired) electrons. The molecular weight excluding hydrogens is 222 g/mol. The van der Waals surface area contributed by atoms with Gasteiger partial charge in [-0.2, -0.15) is 0 Å². The molecule has 0 atom stereocenters. The second kappa shape index (κ2) is 5.91. The summed E-state index contributed by atoms with van der Waals surface area (Å²) in [5, 5.41) is 27.4. The van der Waals surface area contributed by atoms with Crippen LogP contribution < -0.4 is 0 Å². The zero-order chi connectivity index (χ0) is 12.8. The van der Waals surface area contributed by atoms with Crippen LogP contribution in [0.25, 0.3) is 0 Å². The summed E-state index contributed by atoms with van der Waals surface area (Å²) in [6.07, 6.45) is 1.54. The number of carbonyl (C=O) groups is 1. The number of phenols is 2. The van der Waals surface area contributed by atoms with Crippen molar-refractivity contribution in [3.63, 3.8) is 0 Å². The van der Waals surface area contributed by atoms with E-state index in [1.54, 1.807) is 0 Å². The molecule has 0 spiro atoms. The van der Waals surface area contributed by atoms with Crippen molar-refractivity contribution in [1.29, 1.82) is 0 Å². The predicted molar refractivity (Wildman–Crippen MR) is 63.0 cm³/mol. The van der Waals surface area contributed by atoms with Crippen LogP contribution in [0.5, 0.6) is 11.5 Å². The zero-order valence-corrected chi connectivity index (χ0v) is 9.33. The quantitative estimate of drug-likeness (QED) is 0.659. The van der Waals surface area contributed by atoms with E-state index >= 15 is 0 Å². The van der Waals surface area contributed by atoms with Crippen LogP contribution in [0.15, 0.2) is 30.9 Å². The molecule has 0 saturated heterocycles. The van der Waals surface area contributed by atoms with Gasteiger partial charge in [0.15, 0.2) is 0 Å². The summed E-state index contributed by atoms with van der Waals surface area (Å²) in [5.41, 5.74) is 0.165. The lowest BCUT2D eigenvalue weighted by atomic mass is 10.1. The first kappa shape index (κ1) is 13.1. The van der Waals surface area contributed by atoms with Crippen molar-refractivity contribution >= 4 is 5.91 Å². The summed E-state index contributed by atoms with van der Waals surface area (Å²) in [6.45, 7) is 3.81. The summed E-state index contributed by atoms with van der Waals surface area (Å²) in [6, 6.07) is 3.66. The minimum Gasteiger partial charge on any atom is -0.508 e. The second-order valence-electron chi connectivity index (χ2n) is 3.50. The summed E-state index contributed by atoms with van der Waals surface area (Å²) < 4.78 is 0. The average Bonchev–Trinajstić information content (AvgIpc) is 2.26. The van der Waals surface area contributed by atoms with Crippen LogP contribution >= 0.6 is 0 Å². The Kier molecular flexibility index (Phi) is 4.54. The smallest absolute Gasteiger partial charge is 0.254 e. The lowest BCUT2D eigenvalue weighted by molar-refractivity contribution is 0.0742. The third-order valence-electron chi connectivity index (χ3n) is 2.16. The Morgan fingerprint density at radius 3 is 2.35 bits per heavy atom. The van der Waals surface area contributed by atoms with E-state index in [0.29, 0.717) is 0 Å². The molecule has 0 aliphatic carbocycles. The van der Waals surface area contributed by atoms with Crippen LogP contribution in [0.3, 0.4) is 0 Å². The van der Waals surface area contributed by atoms with E-state index in [2.05, 4.69) is 6.58 Å². The molecule has 3 N–H and O–H groups in total. The largest absolute Gasteiger partial charge is 0.508 e. The van der Waals surface area contributed by atoms with Gasteiger partial charge in [0.25, 0.3) is 5.91 Å².